The highest BCUT2D eigenvalue weighted by atomic mass is 16.5. The van der Waals surface area contributed by atoms with Gasteiger partial charge in [-0.25, -0.2) is 0 Å². The molecule has 1 aromatic rings. The molecule has 0 aromatic heterocycles. The van der Waals surface area contributed by atoms with E-state index in [1.807, 2.05) is 26.0 Å². The van der Waals surface area contributed by atoms with Crippen molar-refractivity contribution in [3.63, 3.8) is 0 Å². The quantitative estimate of drug-likeness (QED) is 0.221. The summed E-state index contributed by atoms with van der Waals surface area (Å²) in [6.07, 6.45) is 0.564. The normalized spacial score (nSPS) is 11.1. The Morgan fingerprint density at radius 3 is 2.41 bits per heavy atom. The molecule has 0 radical (unpaired) electrons. The summed E-state index contributed by atoms with van der Waals surface area (Å²) >= 11 is 0. The van der Waals surface area contributed by atoms with E-state index in [1.54, 1.807) is 19.2 Å². The van der Waals surface area contributed by atoms with Gasteiger partial charge >= 0.3 is 0 Å². The molecule has 1 rings (SSSR count). The second-order valence-corrected chi connectivity index (χ2v) is 6.86. The summed E-state index contributed by atoms with van der Waals surface area (Å²) in [6.45, 7) is 5.58. The molecule has 0 saturated carbocycles. The molecule has 0 heterocycles. The van der Waals surface area contributed by atoms with E-state index in [0.717, 1.165) is 5.56 Å². The van der Waals surface area contributed by atoms with Gasteiger partial charge in [-0.3, -0.25) is 14.4 Å². The monoisotopic (exact) mass is 406 g/mol. The predicted octanol–water partition coefficient (Wildman–Crippen LogP) is 1.29. The summed E-state index contributed by atoms with van der Waals surface area (Å²) in [5, 5.41) is 16.7. The molecule has 0 aliphatic heterocycles. The molecule has 0 aliphatic carbocycles. The Balaban J connectivity index is 2.69. The standard InChI is InChI=1S/C20H30N4O5/c1-14(2)22-18(25)13-24(12-16-7-9-17(29-4)10-8-16)19(26)6-5-11-21-20(27)15(3)23-28/h7-10,14,28H,5-6,11-13H2,1-4H3,(H,21,27)(H,22,25)/b23-15+. The average molecular weight is 406 g/mol. The first kappa shape index (κ1) is 23.9. The number of nitrogens with zero attached hydrogens (tertiary/aromatic N) is 2. The second kappa shape index (κ2) is 12.4. The number of nitrogens with one attached hydrogen (secondary N) is 2. The number of ether oxygens (including phenoxy) is 1. The average Bonchev–Trinajstić information content (AvgIpc) is 2.69. The minimum absolute atomic E-state index is 0.0212. The smallest absolute Gasteiger partial charge is 0.268 e. The van der Waals surface area contributed by atoms with Crippen molar-refractivity contribution < 1.29 is 24.3 Å². The highest BCUT2D eigenvalue weighted by molar-refractivity contribution is 6.37. The number of benzene rings is 1. The Morgan fingerprint density at radius 1 is 1.21 bits per heavy atom. The summed E-state index contributed by atoms with van der Waals surface area (Å²) in [6, 6.07) is 7.26. The maximum Gasteiger partial charge on any atom is 0.268 e. The summed E-state index contributed by atoms with van der Waals surface area (Å²) in [7, 11) is 1.58. The third-order valence-electron chi connectivity index (χ3n) is 4.00. The van der Waals surface area contributed by atoms with Crippen LogP contribution in [0.4, 0.5) is 0 Å². The first-order chi connectivity index (χ1) is 13.8. The number of carbonyl (C=O) groups is 3. The Labute approximate surface area is 171 Å². The van der Waals surface area contributed by atoms with Crippen LogP contribution in [0.15, 0.2) is 29.4 Å². The van der Waals surface area contributed by atoms with Crippen LogP contribution in [0.1, 0.15) is 39.2 Å². The molecule has 0 spiro atoms. The van der Waals surface area contributed by atoms with Gasteiger partial charge in [0.25, 0.3) is 5.91 Å². The molecule has 9 heteroatoms. The molecule has 9 nitrogen and oxygen atoms in total. The van der Waals surface area contributed by atoms with Gasteiger partial charge in [0.05, 0.1) is 13.7 Å². The molecule has 0 bridgehead atoms. The number of rotatable bonds is 11. The van der Waals surface area contributed by atoms with Crippen LogP contribution in [0.25, 0.3) is 0 Å². The Bertz CT molecular complexity index is 716. The zero-order valence-corrected chi connectivity index (χ0v) is 17.4. The van der Waals surface area contributed by atoms with Crippen LogP contribution in [0, 0.1) is 0 Å². The Morgan fingerprint density at radius 2 is 1.86 bits per heavy atom. The fraction of sp³-hybridized carbons (Fsp3) is 0.500. The summed E-state index contributed by atoms with van der Waals surface area (Å²) in [4.78, 5) is 37.9. The molecule has 0 atom stereocenters. The van der Waals surface area contributed by atoms with Crippen LogP contribution < -0.4 is 15.4 Å². The number of oxime groups is 1. The van der Waals surface area contributed by atoms with Gasteiger partial charge < -0.3 is 25.5 Å². The van der Waals surface area contributed by atoms with Gasteiger partial charge in [-0.2, -0.15) is 0 Å². The minimum Gasteiger partial charge on any atom is -0.497 e. The van der Waals surface area contributed by atoms with Gasteiger partial charge in [-0.1, -0.05) is 17.3 Å². The van der Waals surface area contributed by atoms with Gasteiger partial charge in [-0.15, -0.1) is 0 Å². The van der Waals surface area contributed by atoms with E-state index < -0.39 is 5.91 Å². The van der Waals surface area contributed by atoms with Gasteiger partial charge in [0.1, 0.15) is 11.5 Å². The fourth-order valence-corrected chi connectivity index (χ4v) is 2.50. The van der Waals surface area contributed by atoms with E-state index in [-0.39, 0.29) is 49.6 Å². The predicted molar refractivity (Wildman–Crippen MR) is 109 cm³/mol. The zero-order chi connectivity index (χ0) is 21.8. The summed E-state index contributed by atoms with van der Waals surface area (Å²) in [5.41, 5.74) is 0.822. The van der Waals surface area contributed by atoms with Crippen LogP contribution >= 0.6 is 0 Å². The van der Waals surface area contributed by atoms with Crippen molar-refractivity contribution in [2.24, 2.45) is 5.16 Å². The molecule has 0 unspecified atom stereocenters. The van der Waals surface area contributed by atoms with E-state index in [0.29, 0.717) is 12.2 Å². The third kappa shape index (κ3) is 9.09. The lowest BCUT2D eigenvalue weighted by atomic mass is 10.2. The largest absolute Gasteiger partial charge is 0.497 e. The lowest BCUT2D eigenvalue weighted by Crippen LogP contribution is -2.42. The summed E-state index contributed by atoms with van der Waals surface area (Å²) < 4.78 is 5.14. The second-order valence-electron chi connectivity index (χ2n) is 6.86. The maximum absolute atomic E-state index is 12.7. The van der Waals surface area contributed by atoms with Gasteiger partial charge in [0.15, 0.2) is 0 Å². The first-order valence-corrected chi connectivity index (χ1v) is 9.43. The highest BCUT2D eigenvalue weighted by Crippen LogP contribution is 2.14. The molecule has 29 heavy (non-hydrogen) atoms. The third-order valence-corrected chi connectivity index (χ3v) is 4.00. The van der Waals surface area contributed by atoms with Gasteiger partial charge in [-0.05, 0) is 44.9 Å². The van der Waals surface area contributed by atoms with Crippen LogP contribution in [-0.2, 0) is 20.9 Å². The van der Waals surface area contributed by atoms with Crippen molar-refractivity contribution in [3.05, 3.63) is 29.8 Å². The Kier molecular flexibility index (Phi) is 10.2. The highest BCUT2D eigenvalue weighted by Gasteiger charge is 2.18. The molecule has 1 aromatic carbocycles. The SMILES string of the molecule is COc1ccc(CN(CC(=O)NC(C)C)C(=O)CCCNC(=O)/C(C)=N/O)cc1. The molecular weight excluding hydrogens is 376 g/mol. The van der Waals surface area contributed by atoms with E-state index in [4.69, 9.17) is 9.94 Å². The number of hydrogen-bond donors (Lipinski definition) is 3. The van der Waals surface area contributed by atoms with Crippen LogP contribution in [-0.4, -0.2) is 59.8 Å². The molecule has 3 N–H and O–H groups in total. The van der Waals surface area contributed by atoms with E-state index in [2.05, 4.69) is 15.8 Å². The number of methoxy groups -OCH3 is 1. The van der Waals surface area contributed by atoms with Crippen molar-refractivity contribution in [2.45, 2.75) is 46.2 Å². The molecule has 0 saturated heterocycles. The van der Waals surface area contributed by atoms with Gasteiger partial charge in [0.2, 0.25) is 11.8 Å². The summed E-state index contributed by atoms with van der Waals surface area (Å²) in [5.74, 6) is -0.209. The first-order valence-electron chi connectivity index (χ1n) is 9.43. The molecular formula is C20H30N4O5. The van der Waals surface area contributed by atoms with Crippen LogP contribution in [0.5, 0.6) is 5.75 Å². The van der Waals surface area contributed by atoms with E-state index in [1.165, 1.54) is 11.8 Å². The van der Waals surface area contributed by atoms with E-state index >= 15 is 0 Å². The van der Waals surface area contributed by atoms with Gasteiger partial charge in [0, 0.05) is 25.6 Å². The van der Waals surface area contributed by atoms with Crippen LogP contribution in [0.2, 0.25) is 0 Å². The fourth-order valence-electron chi connectivity index (χ4n) is 2.50. The maximum atomic E-state index is 12.7. The number of hydrogen-bond acceptors (Lipinski definition) is 6. The molecule has 0 fully saturated rings. The number of amides is 3. The van der Waals surface area contributed by atoms with Crippen LogP contribution in [0.3, 0.4) is 0 Å². The van der Waals surface area contributed by atoms with Crippen molar-refractivity contribution in [2.75, 3.05) is 20.2 Å². The lowest BCUT2D eigenvalue weighted by Gasteiger charge is -2.23. The minimum atomic E-state index is -0.494. The topological polar surface area (TPSA) is 120 Å². The van der Waals surface area contributed by atoms with Crippen molar-refractivity contribution in [3.8, 4) is 5.75 Å². The Hall–Kier alpha value is -3.10. The van der Waals surface area contributed by atoms with Crippen molar-refractivity contribution in [1.29, 1.82) is 0 Å². The van der Waals surface area contributed by atoms with E-state index in [9.17, 15) is 14.4 Å². The number of carbonyl (C=O) groups excluding carboxylic acids is 3. The lowest BCUT2D eigenvalue weighted by molar-refractivity contribution is -0.137. The van der Waals surface area contributed by atoms with Crippen molar-refractivity contribution in [1.82, 2.24) is 15.5 Å². The zero-order valence-electron chi connectivity index (χ0n) is 17.4. The molecule has 0 aliphatic rings. The molecule has 3 amide bonds. The molecule has 160 valence electrons. The van der Waals surface area contributed by atoms with Crippen molar-refractivity contribution >= 4 is 23.4 Å².